The summed E-state index contributed by atoms with van der Waals surface area (Å²) in [5.74, 6) is -2.49. The van der Waals surface area contributed by atoms with Gasteiger partial charge >= 0.3 is 12.1 Å². The van der Waals surface area contributed by atoms with Gasteiger partial charge in [-0.05, 0) is 60.0 Å². The van der Waals surface area contributed by atoms with Crippen molar-refractivity contribution in [1.82, 2.24) is 4.90 Å². The number of likely N-dealkylation sites (tertiary alicyclic amines) is 1. The summed E-state index contributed by atoms with van der Waals surface area (Å²) in [6, 6.07) is 10.5. The van der Waals surface area contributed by atoms with Crippen molar-refractivity contribution in [1.29, 1.82) is 0 Å². The first-order chi connectivity index (χ1) is 15.2. The van der Waals surface area contributed by atoms with Crippen molar-refractivity contribution in [3.05, 3.63) is 52.2 Å². The first-order valence-electron chi connectivity index (χ1n) is 10.1. The van der Waals surface area contributed by atoms with Crippen molar-refractivity contribution in [2.24, 2.45) is 0 Å². The zero-order valence-corrected chi connectivity index (χ0v) is 18.4. The number of benzene rings is 1. The molecule has 1 aromatic carbocycles. The summed E-state index contributed by atoms with van der Waals surface area (Å²) in [5.41, 5.74) is 3.33. The van der Waals surface area contributed by atoms with Gasteiger partial charge in [-0.3, -0.25) is 9.69 Å². The van der Waals surface area contributed by atoms with Crippen LogP contribution in [0.25, 0.3) is 0 Å². The van der Waals surface area contributed by atoms with Crippen molar-refractivity contribution < 1.29 is 32.6 Å². The number of carbonyl (C=O) groups is 2. The number of amides is 1. The minimum Gasteiger partial charge on any atom is -0.475 e. The Bertz CT molecular complexity index is 926. The Labute approximate surface area is 188 Å². The number of ether oxygens (including phenoxy) is 1. The molecule has 32 heavy (non-hydrogen) atoms. The molecule has 2 aliphatic rings. The second-order valence-corrected chi connectivity index (χ2v) is 8.54. The van der Waals surface area contributed by atoms with Gasteiger partial charge in [0.1, 0.15) is 0 Å². The summed E-state index contributed by atoms with van der Waals surface area (Å²) < 4.78 is 37.0. The van der Waals surface area contributed by atoms with Crippen LogP contribution >= 0.6 is 11.3 Å². The number of piperidine rings is 1. The van der Waals surface area contributed by atoms with Crippen molar-refractivity contribution >= 4 is 28.9 Å². The number of halogens is 3. The molecular weight excluding hydrogens is 445 g/mol. The Hall–Kier alpha value is -2.43. The molecule has 0 bridgehead atoms. The van der Waals surface area contributed by atoms with Gasteiger partial charge in [0.15, 0.2) is 0 Å². The standard InChI is InChI=1S/C20H24N2O2S.C2HF3O2/c1-24-12-11-22-18-5-3-2-4-17(18)20(19(22)23)7-9-21(10-8-20)14-16-6-13-25-15-16;3-2(4,5)1(6)7/h2-6,13,15H,7-12,14H2,1H3;(H,6,7). The molecule has 0 radical (unpaired) electrons. The topological polar surface area (TPSA) is 70.1 Å². The Kier molecular flexibility index (Phi) is 7.58. The first kappa shape index (κ1) is 24.2. The number of nitrogens with zero attached hydrogens (tertiary/aromatic N) is 2. The molecule has 2 aromatic rings. The van der Waals surface area contributed by atoms with Crippen molar-refractivity contribution in [3.8, 4) is 0 Å². The number of hydrogen-bond acceptors (Lipinski definition) is 5. The summed E-state index contributed by atoms with van der Waals surface area (Å²) >= 11 is 1.75. The van der Waals surface area contributed by atoms with Crippen molar-refractivity contribution in [2.45, 2.75) is 31.0 Å². The summed E-state index contributed by atoms with van der Waals surface area (Å²) in [4.78, 5) is 26.6. The average Bonchev–Trinajstić information content (AvgIpc) is 3.34. The highest BCUT2D eigenvalue weighted by Gasteiger charge is 2.51. The van der Waals surface area contributed by atoms with Crippen molar-refractivity contribution in [2.75, 3.05) is 38.3 Å². The maximum absolute atomic E-state index is 13.3. The molecular formula is C22H25F3N2O4S. The van der Waals surface area contributed by atoms with Gasteiger partial charge in [0, 0.05) is 25.9 Å². The molecule has 3 heterocycles. The van der Waals surface area contributed by atoms with Gasteiger partial charge in [0.05, 0.1) is 12.0 Å². The number of anilines is 1. The third kappa shape index (κ3) is 5.13. The Morgan fingerprint density at radius 3 is 2.44 bits per heavy atom. The molecule has 2 aliphatic heterocycles. The second-order valence-electron chi connectivity index (χ2n) is 7.76. The van der Waals surface area contributed by atoms with E-state index in [0.29, 0.717) is 13.2 Å². The van der Waals surface area contributed by atoms with E-state index in [-0.39, 0.29) is 11.3 Å². The lowest BCUT2D eigenvalue weighted by Gasteiger charge is -2.38. The van der Waals surface area contributed by atoms with Crippen LogP contribution in [0.15, 0.2) is 41.1 Å². The van der Waals surface area contributed by atoms with Gasteiger partial charge < -0.3 is 14.7 Å². The Morgan fingerprint density at radius 2 is 1.88 bits per heavy atom. The minimum atomic E-state index is -5.08. The number of carboxylic acids is 1. The highest BCUT2D eigenvalue weighted by Crippen LogP contribution is 2.47. The Balaban J connectivity index is 0.000000360. The molecule has 1 saturated heterocycles. The predicted molar refractivity (Wildman–Crippen MR) is 115 cm³/mol. The van der Waals surface area contributed by atoms with E-state index in [1.807, 2.05) is 11.0 Å². The predicted octanol–water partition coefficient (Wildman–Crippen LogP) is 3.91. The van der Waals surface area contributed by atoms with E-state index in [2.05, 4.69) is 39.9 Å². The quantitative estimate of drug-likeness (QED) is 0.718. The van der Waals surface area contributed by atoms with Crippen molar-refractivity contribution in [3.63, 3.8) is 0 Å². The summed E-state index contributed by atoms with van der Waals surface area (Å²) in [7, 11) is 1.69. The van der Waals surface area contributed by atoms with Gasteiger partial charge in [0.2, 0.25) is 5.91 Å². The van der Waals surface area contributed by atoms with E-state index in [4.69, 9.17) is 14.6 Å². The molecule has 174 valence electrons. The second kappa shape index (κ2) is 10.0. The Morgan fingerprint density at radius 1 is 1.22 bits per heavy atom. The number of carbonyl (C=O) groups excluding carboxylic acids is 1. The van der Waals surface area contributed by atoms with Gasteiger partial charge in [-0.15, -0.1) is 0 Å². The van der Waals surface area contributed by atoms with Crippen LogP contribution in [0, 0.1) is 0 Å². The van der Waals surface area contributed by atoms with Gasteiger partial charge in [-0.2, -0.15) is 24.5 Å². The number of thiophene rings is 1. The number of fused-ring (bicyclic) bond motifs is 2. The molecule has 1 aromatic heterocycles. The number of methoxy groups -OCH3 is 1. The summed E-state index contributed by atoms with van der Waals surface area (Å²) in [6.07, 6.45) is -3.28. The number of para-hydroxylation sites is 1. The molecule has 0 aliphatic carbocycles. The fraction of sp³-hybridized carbons (Fsp3) is 0.455. The van der Waals surface area contributed by atoms with E-state index in [9.17, 15) is 18.0 Å². The zero-order chi connectivity index (χ0) is 23.4. The molecule has 1 N–H and O–H groups in total. The minimum absolute atomic E-state index is 0.265. The van der Waals surface area contributed by atoms with Gasteiger partial charge in [-0.25, -0.2) is 4.79 Å². The molecule has 6 nitrogen and oxygen atoms in total. The fourth-order valence-electron chi connectivity index (χ4n) is 4.22. The third-order valence-corrected chi connectivity index (χ3v) is 6.55. The lowest BCUT2D eigenvalue weighted by atomic mass is 9.73. The maximum Gasteiger partial charge on any atom is 0.490 e. The first-order valence-corrected chi connectivity index (χ1v) is 11.1. The average molecular weight is 471 g/mol. The van der Waals surface area contributed by atoms with Crippen LogP contribution in [0.5, 0.6) is 0 Å². The number of rotatable bonds is 5. The monoisotopic (exact) mass is 470 g/mol. The van der Waals surface area contributed by atoms with Crippen LogP contribution in [0.4, 0.5) is 18.9 Å². The highest BCUT2D eigenvalue weighted by atomic mass is 32.1. The number of carboxylic acid groups (broad SMARTS) is 1. The summed E-state index contributed by atoms with van der Waals surface area (Å²) in [6.45, 7) is 4.12. The summed E-state index contributed by atoms with van der Waals surface area (Å²) in [5, 5.41) is 11.5. The van der Waals surface area contributed by atoms with E-state index in [0.717, 1.165) is 38.2 Å². The van der Waals surface area contributed by atoms with Gasteiger partial charge in [-0.1, -0.05) is 18.2 Å². The molecule has 0 saturated carbocycles. The van der Waals surface area contributed by atoms with E-state index >= 15 is 0 Å². The molecule has 1 fully saturated rings. The highest BCUT2D eigenvalue weighted by molar-refractivity contribution is 7.07. The molecule has 1 amide bonds. The lowest BCUT2D eigenvalue weighted by molar-refractivity contribution is -0.192. The largest absolute Gasteiger partial charge is 0.490 e. The zero-order valence-electron chi connectivity index (χ0n) is 17.6. The smallest absolute Gasteiger partial charge is 0.475 e. The molecule has 0 atom stereocenters. The van der Waals surface area contributed by atoms with Crippen LogP contribution in [-0.2, 0) is 26.3 Å². The van der Waals surface area contributed by atoms with E-state index in [1.54, 1.807) is 18.4 Å². The van der Waals surface area contributed by atoms with E-state index < -0.39 is 12.1 Å². The van der Waals surface area contributed by atoms with Crippen LogP contribution in [0.2, 0.25) is 0 Å². The third-order valence-electron chi connectivity index (χ3n) is 5.82. The maximum atomic E-state index is 13.3. The van der Waals surface area contributed by atoms with Crippen LogP contribution < -0.4 is 4.90 Å². The fourth-order valence-corrected chi connectivity index (χ4v) is 4.88. The SMILES string of the molecule is COCCN1C(=O)C2(CCN(Cc3ccsc3)CC2)c2ccccc21.O=C(O)C(F)(F)F. The molecule has 10 heteroatoms. The molecule has 1 spiro atoms. The number of hydrogen-bond donors (Lipinski definition) is 1. The van der Waals surface area contributed by atoms with Crippen LogP contribution in [-0.4, -0.2) is 61.4 Å². The van der Waals surface area contributed by atoms with Crippen LogP contribution in [0.3, 0.4) is 0 Å². The number of aliphatic carboxylic acids is 1. The normalized spacial score (nSPS) is 17.8. The van der Waals surface area contributed by atoms with E-state index in [1.165, 1.54) is 11.1 Å². The lowest BCUT2D eigenvalue weighted by Crippen LogP contribution is -2.48. The van der Waals surface area contributed by atoms with Crippen LogP contribution in [0.1, 0.15) is 24.0 Å². The number of alkyl halides is 3. The molecule has 0 unspecified atom stereocenters. The van der Waals surface area contributed by atoms with Gasteiger partial charge in [0.25, 0.3) is 0 Å². The molecule has 4 rings (SSSR count).